The van der Waals surface area contributed by atoms with E-state index in [9.17, 15) is 19.8 Å². The number of phenols is 1. The first-order valence-corrected chi connectivity index (χ1v) is 11.6. The van der Waals surface area contributed by atoms with Crippen LogP contribution in [0.3, 0.4) is 0 Å². The van der Waals surface area contributed by atoms with Crippen molar-refractivity contribution in [2.45, 2.75) is 19.5 Å². The third-order valence-electron chi connectivity index (χ3n) is 5.65. The number of ether oxygens (including phenoxy) is 2. The van der Waals surface area contributed by atoms with Crippen molar-refractivity contribution in [1.29, 1.82) is 0 Å². The number of aliphatic hydroxyl groups excluding tert-OH is 1. The molecule has 0 spiro atoms. The molecule has 0 radical (unpaired) electrons. The molecule has 35 heavy (non-hydrogen) atoms. The van der Waals surface area contributed by atoms with Gasteiger partial charge in [0.15, 0.2) is 11.5 Å². The molecule has 1 aromatic heterocycles. The number of nitrogens with zero attached hydrogens (tertiary/aromatic N) is 2. The van der Waals surface area contributed by atoms with Crippen LogP contribution in [0, 0.1) is 0 Å². The number of hydrogen-bond donors (Lipinski definition) is 2. The number of hydrogen-bond acceptors (Lipinski definition) is 7. The summed E-state index contributed by atoms with van der Waals surface area (Å²) in [6.45, 7) is 2.38. The van der Waals surface area contributed by atoms with Crippen molar-refractivity contribution in [3.63, 3.8) is 0 Å². The first-order valence-electron chi connectivity index (χ1n) is 10.8. The number of methoxy groups -OCH3 is 1. The number of carbonyl (C=O) groups is 2. The van der Waals surface area contributed by atoms with Crippen molar-refractivity contribution >= 4 is 33.4 Å². The van der Waals surface area contributed by atoms with Crippen LogP contribution in [0.4, 0.5) is 0 Å². The Kier molecular flexibility index (Phi) is 7.07. The van der Waals surface area contributed by atoms with E-state index in [4.69, 9.17) is 9.47 Å². The van der Waals surface area contributed by atoms with E-state index in [1.54, 1.807) is 60.9 Å². The van der Waals surface area contributed by atoms with Gasteiger partial charge in [-0.15, -0.1) is 0 Å². The number of aliphatic hydroxyl groups is 1. The fourth-order valence-corrected chi connectivity index (χ4v) is 4.50. The Morgan fingerprint density at radius 1 is 1.14 bits per heavy atom. The Labute approximate surface area is 210 Å². The molecule has 2 aromatic carbocycles. The van der Waals surface area contributed by atoms with Crippen molar-refractivity contribution in [2.75, 3.05) is 13.7 Å². The monoisotopic (exact) mass is 538 g/mol. The lowest BCUT2D eigenvalue weighted by molar-refractivity contribution is -0.140. The van der Waals surface area contributed by atoms with Crippen LogP contribution in [-0.2, 0) is 16.1 Å². The molecule has 1 aliphatic rings. The van der Waals surface area contributed by atoms with Gasteiger partial charge in [0.1, 0.15) is 11.5 Å². The van der Waals surface area contributed by atoms with E-state index >= 15 is 0 Å². The highest BCUT2D eigenvalue weighted by Crippen LogP contribution is 2.45. The second-order valence-corrected chi connectivity index (χ2v) is 8.65. The van der Waals surface area contributed by atoms with Gasteiger partial charge in [-0.05, 0) is 70.4 Å². The molecule has 0 saturated carbocycles. The van der Waals surface area contributed by atoms with Crippen LogP contribution in [0.2, 0.25) is 0 Å². The lowest BCUT2D eigenvalue weighted by Crippen LogP contribution is -2.29. The molecular formula is C26H23BrN2O6. The zero-order valence-electron chi connectivity index (χ0n) is 19.1. The van der Waals surface area contributed by atoms with Crippen LogP contribution >= 0.6 is 15.9 Å². The number of rotatable bonds is 7. The molecule has 3 aromatic rings. The Balaban J connectivity index is 1.91. The first kappa shape index (κ1) is 24.3. The molecule has 1 atom stereocenters. The normalized spacial score (nSPS) is 17.0. The second kappa shape index (κ2) is 10.2. The molecule has 0 aliphatic carbocycles. The second-order valence-electron chi connectivity index (χ2n) is 7.80. The van der Waals surface area contributed by atoms with Crippen molar-refractivity contribution in [3.8, 4) is 17.2 Å². The third kappa shape index (κ3) is 4.72. The fourth-order valence-electron chi connectivity index (χ4n) is 4.04. The summed E-state index contributed by atoms with van der Waals surface area (Å²) in [7, 11) is 1.40. The molecule has 8 nitrogen and oxygen atoms in total. The molecule has 9 heteroatoms. The maximum absolute atomic E-state index is 13.3. The van der Waals surface area contributed by atoms with Crippen molar-refractivity contribution in [1.82, 2.24) is 9.88 Å². The minimum absolute atomic E-state index is 0.0719. The SMILES string of the molecule is CCOc1cccc(/C(O)=C2\C(=O)C(=O)N(Cc3ccncc3)C2c2cc(Br)c(O)c(OC)c2)c1. The average Bonchev–Trinajstić information content (AvgIpc) is 3.11. The third-order valence-corrected chi connectivity index (χ3v) is 6.25. The highest BCUT2D eigenvalue weighted by molar-refractivity contribution is 9.10. The Morgan fingerprint density at radius 2 is 1.89 bits per heavy atom. The van der Waals surface area contributed by atoms with Crippen molar-refractivity contribution in [3.05, 3.63) is 87.7 Å². The van der Waals surface area contributed by atoms with Crippen LogP contribution < -0.4 is 9.47 Å². The van der Waals surface area contributed by atoms with Crippen molar-refractivity contribution in [2.24, 2.45) is 0 Å². The fraction of sp³-hybridized carbons (Fsp3) is 0.192. The summed E-state index contributed by atoms with van der Waals surface area (Å²) in [4.78, 5) is 31.9. The van der Waals surface area contributed by atoms with Gasteiger partial charge in [-0.25, -0.2) is 0 Å². The summed E-state index contributed by atoms with van der Waals surface area (Å²) in [5.74, 6) is -1.33. The molecule has 1 saturated heterocycles. The van der Waals surface area contributed by atoms with Gasteiger partial charge in [0.05, 0.1) is 29.8 Å². The highest BCUT2D eigenvalue weighted by atomic mass is 79.9. The molecule has 1 aliphatic heterocycles. The molecule has 1 fully saturated rings. The summed E-state index contributed by atoms with van der Waals surface area (Å²) in [5.41, 5.74) is 1.50. The Morgan fingerprint density at radius 3 is 2.57 bits per heavy atom. The largest absolute Gasteiger partial charge is 0.507 e. The maximum Gasteiger partial charge on any atom is 0.295 e. The summed E-state index contributed by atoms with van der Waals surface area (Å²) < 4.78 is 11.1. The number of halogens is 1. The molecule has 0 bridgehead atoms. The van der Waals surface area contributed by atoms with Crippen LogP contribution in [0.15, 0.2) is 71.0 Å². The summed E-state index contributed by atoms with van der Waals surface area (Å²) in [5, 5.41) is 21.6. The average molecular weight is 539 g/mol. The maximum atomic E-state index is 13.3. The van der Waals surface area contributed by atoms with E-state index in [0.717, 1.165) is 5.56 Å². The molecular weight excluding hydrogens is 516 g/mol. The van der Waals surface area contributed by atoms with Crippen LogP contribution in [-0.4, -0.2) is 45.5 Å². The standard InChI is InChI=1S/C26H23BrN2O6/c1-3-35-18-6-4-5-16(11-18)23(30)21-22(17-12-19(27)24(31)20(13-17)34-2)29(26(33)25(21)32)14-15-7-9-28-10-8-15/h4-13,22,30-31H,3,14H2,1-2H3/b23-21+. The van der Waals surface area contributed by atoms with Gasteiger partial charge in [-0.2, -0.15) is 0 Å². The highest BCUT2D eigenvalue weighted by Gasteiger charge is 2.46. The number of pyridine rings is 1. The van der Waals surface area contributed by atoms with Gasteiger partial charge in [-0.1, -0.05) is 12.1 Å². The van der Waals surface area contributed by atoms with Gasteiger partial charge in [0, 0.05) is 24.5 Å². The Hall–Kier alpha value is -3.85. The molecule has 4 rings (SSSR count). The summed E-state index contributed by atoms with van der Waals surface area (Å²) >= 11 is 3.31. The summed E-state index contributed by atoms with van der Waals surface area (Å²) in [6, 6.07) is 12.4. The minimum Gasteiger partial charge on any atom is -0.507 e. The number of amides is 1. The van der Waals surface area contributed by atoms with Gasteiger partial charge < -0.3 is 24.6 Å². The van der Waals surface area contributed by atoms with E-state index in [0.29, 0.717) is 28.0 Å². The molecule has 1 amide bonds. The number of aromatic nitrogens is 1. The number of benzene rings is 2. The van der Waals surface area contributed by atoms with Gasteiger partial charge in [0.25, 0.3) is 11.7 Å². The number of phenolic OH excluding ortho intramolecular Hbond substituents is 1. The summed E-state index contributed by atoms with van der Waals surface area (Å²) in [6.07, 6.45) is 3.20. The zero-order valence-corrected chi connectivity index (χ0v) is 20.7. The lowest BCUT2D eigenvalue weighted by Gasteiger charge is -2.26. The van der Waals surface area contributed by atoms with Crippen LogP contribution in [0.1, 0.15) is 29.7 Å². The van der Waals surface area contributed by atoms with Crippen LogP contribution in [0.5, 0.6) is 17.2 Å². The molecule has 180 valence electrons. The topological polar surface area (TPSA) is 109 Å². The van der Waals surface area contributed by atoms with Gasteiger partial charge in [0.2, 0.25) is 0 Å². The smallest absolute Gasteiger partial charge is 0.295 e. The predicted octanol–water partition coefficient (Wildman–Crippen LogP) is 4.58. The van der Waals surface area contributed by atoms with E-state index in [1.165, 1.54) is 12.0 Å². The van der Waals surface area contributed by atoms with E-state index in [-0.39, 0.29) is 29.4 Å². The number of likely N-dealkylation sites (tertiary alicyclic amines) is 1. The van der Waals surface area contributed by atoms with E-state index in [1.807, 2.05) is 6.92 Å². The van der Waals surface area contributed by atoms with Crippen LogP contribution in [0.25, 0.3) is 5.76 Å². The zero-order chi connectivity index (χ0) is 25.1. The van der Waals surface area contributed by atoms with E-state index < -0.39 is 17.7 Å². The lowest BCUT2D eigenvalue weighted by atomic mass is 9.94. The minimum atomic E-state index is -0.940. The van der Waals surface area contributed by atoms with Gasteiger partial charge >= 0.3 is 0 Å². The molecule has 2 N–H and O–H groups in total. The molecule has 1 unspecified atom stereocenters. The number of aromatic hydroxyl groups is 1. The number of Topliss-reactive ketones (excluding diaryl/α,β-unsaturated/α-hetero) is 1. The van der Waals surface area contributed by atoms with Crippen molar-refractivity contribution < 1.29 is 29.3 Å². The molecule has 2 heterocycles. The van der Waals surface area contributed by atoms with Gasteiger partial charge in [-0.3, -0.25) is 14.6 Å². The first-order chi connectivity index (χ1) is 16.8. The quantitative estimate of drug-likeness (QED) is 0.257. The number of carbonyl (C=O) groups excluding carboxylic acids is 2. The predicted molar refractivity (Wildman–Crippen MR) is 132 cm³/mol. The Bertz CT molecular complexity index is 1310. The number of ketones is 1. The van der Waals surface area contributed by atoms with E-state index in [2.05, 4.69) is 20.9 Å².